The van der Waals surface area contributed by atoms with E-state index < -0.39 is 0 Å². The number of halogens is 1. The topological polar surface area (TPSA) is 49.6 Å². The summed E-state index contributed by atoms with van der Waals surface area (Å²) in [6.07, 6.45) is 0.997. The van der Waals surface area contributed by atoms with Gasteiger partial charge in [-0.3, -0.25) is 4.79 Å². The Morgan fingerprint density at radius 2 is 1.81 bits per heavy atom. The highest BCUT2D eigenvalue weighted by atomic mass is 79.9. The van der Waals surface area contributed by atoms with Crippen LogP contribution in [0.4, 0.5) is 5.69 Å². The van der Waals surface area contributed by atoms with Crippen LogP contribution in [0.15, 0.2) is 22.7 Å². The first-order chi connectivity index (χ1) is 10.0. The molecule has 0 aliphatic rings. The van der Waals surface area contributed by atoms with Crippen molar-refractivity contribution in [2.24, 2.45) is 0 Å². The zero-order valence-electron chi connectivity index (χ0n) is 13.2. The summed E-state index contributed by atoms with van der Waals surface area (Å²) < 4.78 is 0.771. The number of carbonyl (C=O) groups is 1. The van der Waals surface area contributed by atoms with Gasteiger partial charge in [-0.15, -0.1) is 0 Å². The molecule has 1 amide bonds. The number of carbonyl (C=O) groups excluding carboxylic acids is 1. The van der Waals surface area contributed by atoms with Gasteiger partial charge in [0.25, 0.3) is 5.91 Å². The Bertz CT molecular complexity index is 461. The molecule has 0 aliphatic heterocycles. The average molecular weight is 356 g/mol. The largest absolute Gasteiger partial charge is 0.398 e. The van der Waals surface area contributed by atoms with E-state index in [0.717, 1.165) is 43.6 Å². The van der Waals surface area contributed by atoms with Crippen molar-refractivity contribution in [3.63, 3.8) is 0 Å². The molecule has 118 valence electrons. The van der Waals surface area contributed by atoms with E-state index in [1.807, 2.05) is 11.8 Å². The maximum absolute atomic E-state index is 12.5. The molecule has 0 aromatic heterocycles. The second-order valence-corrected chi connectivity index (χ2v) is 5.86. The van der Waals surface area contributed by atoms with Crippen molar-refractivity contribution in [1.82, 2.24) is 9.80 Å². The lowest BCUT2D eigenvalue weighted by Gasteiger charge is -2.24. The molecule has 0 radical (unpaired) electrons. The summed E-state index contributed by atoms with van der Waals surface area (Å²) >= 11 is 3.37. The van der Waals surface area contributed by atoms with Crippen LogP contribution in [-0.4, -0.2) is 48.4 Å². The smallest absolute Gasteiger partial charge is 0.253 e. The van der Waals surface area contributed by atoms with Gasteiger partial charge in [0.2, 0.25) is 0 Å². The Morgan fingerprint density at radius 1 is 1.14 bits per heavy atom. The fourth-order valence-electron chi connectivity index (χ4n) is 2.27. The standard InChI is InChI=1S/C16H26BrN3O/c1-4-19(5-2)10-7-11-20(6-3)16(21)13-8-9-15(18)14(17)12-13/h8-9,12H,4-7,10-11,18H2,1-3H3. The van der Waals surface area contributed by atoms with Crippen molar-refractivity contribution < 1.29 is 4.79 Å². The minimum absolute atomic E-state index is 0.0674. The maximum Gasteiger partial charge on any atom is 0.253 e. The van der Waals surface area contributed by atoms with Gasteiger partial charge in [-0.25, -0.2) is 0 Å². The third-order valence-corrected chi connectivity index (χ3v) is 4.40. The molecule has 0 saturated carbocycles. The van der Waals surface area contributed by atoms with Gasteiger partial charge in [0.15, 0.2) is 0 Å². The molecule has 0 heterocycles. The van der Waals surface area contributed by atoms with Crippen molar-refractivity contribution >= 4 is 27.5 Å². The Kier molecular flexibility index (Phi) is 7.75. The molecule has 0 aliphatic carbocycles. The molecule has 1 aromatic carbocycles. The van der Waals surface area contributed by atoms with Crippen molar-refractivity contribution in [2.75, 3.05) is 38.5 Å². The lowest BCUT2D eigenvalue weighted by Crippen LogP contribution is -2.34. The highest BCUT2D eigenvalue weighted by Crippen LogP contribution is 2.21. The molecule has 0 unspecified atom stereocenters. The Hall–Kier alpha value is -1.07. The lowest BCUT2D eigenvalue weighted by atomic mass is 10.1. The molecule has 0 saturated heterocycles. The molecule has 1 aromatic rings. The fraction of sp³-hybridized carbons (Fsp3) is 0.562. The predicted molar refractivity (Wildman–Crippen MR) is 92.5 cm³/mol. The molecule has 2 N–H and O–H groups in total. The SMILES string of the molecule is CCN(CC)CCCN(CC)C(=O)c1ccc(N)c(Br)c1. The summed E-state index contributed by atoms with van der Waals surface area (Å²) in [5, 5.41) is 0. The van der Waals surface area contributed by atoms with E-state index in [9.17, 15) is 4.79 Å². The van der Waals surface area contributed by atoms with Gasteiger partial charge in [0, 0.05) is 28.8 Å². The van der Waals surface area contributed by atoms with Gasteiger partial charge in [0.05, 0.1) is 0 Å². The Balaban J connectivity index is 2.62. The van der Waals surface area contributed by atoms with Crippen LogP contribution in [0.25, 0.3) is 0 Å². The van der Waals surface area contributed by atoms with Crippen molar-refractivity contribution in [3.8, 4) is 0 Å². The Morgan fingerprint density at radius 3 is 2.33 bits per heavy atom. The predicted octanol–water partition coefficient (Wildman–Crippen LogP) is 3.23. The minimum Gasteiger partial charge on any atom is -0.398 e. The maximum atomic E-state index is 12.5. The Labute approximate surface area is 136 Å². The number of hydrogen-bond acceptors (Lipinski definition) is 3. The number of nitrogens with two attached hydrogens (primary N) is 1. The number of hydrogen-bond donors (Lipinski definition) is 1. The highest BCUT2D eigenvalue weighted by Gasteiger charge is 2.15. The molecular weight excluding hydrogens is 330 g/mol. The van der Waals surface area contributed by atoms with Crippen LogP contribution in [0.1, 0.15) is 37.6 Å². The van der Waals surface area contributed by atoms with Crippen LogP contribution in [0.2, 0.25) is 0 Å². The summed E-state index contributed by atoms with van der Waals surface area (Å²) in [6.45, 7) is 11.0. The highest BCUT2D eigenvalue weighted by molar-refractivity contribution is 9.10. The van der Waals surface area contributed by atoms with E-state index in [4.69, 9.17) is 5.73 Å². The van der Waals surface area contributed by atoms with Crippen molar-refractivity contribution in [3.05, 3.63) is 28.2 Å². The molecule has 21 heavy (non-hydrogen) atoms. The summed E-state index contributed by atoms with van der Waals surface area (Å²) in [6, 6.07) is 5.35. The fourth-order valence-corrected chi connectivity index (χ4v) is 2.65. The molecule has 5 heteroatoms. The molecule has 4 nitrogen and oxygen atoms in total. The van der Waals surface area contributed by atoms with Gasteiger partial charge in [0.1, 0.15) is 0 Å². The second-order valence-electron chi connectivity index (χ2n) is 5.00. The quantitative estimate of drug-likeness (QED) is 0.728. The molecule has 0 atom stereocenters. The second kappa shape index (κ2) is 9.05. The van der Waals surface area contributed by atoms with Crippen LogP contribution in [0.3, 0.4) is 0 Å². The van der Waals surface area contributed by atoms with E-state index in [-0.39, 0.29) is 5.91 Å². The zero-order valence-corrected chi connectivity index (χ0v) is 14.8. The van der Waals surface area contributed by atoms with Crippen molar-refractivity contribution in [2.45, 2.75) is 27.2 Å². The molecule has 0 spiro atoms. The van der Waals surface area contributed by atoms with Gasteiger partial charge in [-0.1, -0.05) is 13.8 Å². The number of anilines is 1. The van der Waals surface area contributed by atoms with E-state index in [2.05, 4.69) is 34.7 Å². The molecule has 0 fully saturated rings. The van der Waals surface area contributed by atoms with Crippen LogP contribution in [-0.2, 0) is 0 Å². The van der Waals surface area contributed by atoms with Crippen LogP contribution < -0.4 is 5.73 Å². The number of nitrogen functional groups attached to an aromatic ring is 1. The number of benzene rings is 1. The van der Waals surface area contributed by atoms with E-state index >= 15 is 0 Å². The first-order valence-corrected chi connectivity index (χ1v) is 8.39. The third kappa shape index (κ3) is 5.32. The van der Waals surface area contributed by atoms with Crippen LogP contribution in [0, 0.1) is 0 Å². The third-order valence-electron chi connectivity index (χ3n) is 3.71. The molecule has 0 bridgehead atoms. The number of rotatable bonds is 8. The normalized spacial score (nSPS) is 10.9. The van der Waals surface area contributed by atoms with Gasteiger partial charge in [-0.05, 0) is 67.1 Å². The first-order valence-electron chi connectivity index (χ1n) is 7.60. The summed E-state index contributed by atoms with van der Waals surface area (Å²) in [4.78, 5) is 16.8. The van der Waals surface area contributed by atoms with Crippen LogP contribution in [0.5, 0.6) is 0 Å². The average Bonchev–Trinajstić information content (AvgIpc) is 2.50. The van der Waals surface area contributed by atoms with E-state index in [1.54, 1.807) is 18.2 Å². The van der Waals surface area contributed by atoms with E-state index in [0.29, 0.717) is 11.3 Å². The molecule has 1 rings (SSSR count). The monoisotopic (exact) mass is 355 g/mol. The van der Waals surface area contributed by atoms with Gasteiger partial charge >= 0.3 is 0 Å². The summed E-state index contributed by atoms with van der Waals surface area (Å²) in [7, 11) is 0. The van der Waals surface area contributed by atoms with Crippen molar-refractivity contribution in [1.29, 1.82) is 0 Å². The lowest BCUT2D eigenvalue weighted by molar-refractivity contribution is 0.0757. The van der Waals surface area contributed by atoms with E-state index in [1.165, 1.54) is 0 Å². The first kappa shape index (κ1) is 18.0. The number of amides is 1. The summed E-state index contributed by atoms with van der Waals surface area (Å²) in [5.74, 6) is 0.0674. The van der Waals surface area contributed by atoms with Crippen LogP contribution >= 0.6 is 15.9 Å². The van der Waals surface area contributed by atoms with Gasteiger partial charge in [-0.2, -0.15) is 0 Å². The zero-order chi connectivity index (χ0) is 15.8. The minimum atomic E-state index is 0.0674. The molecular formula is C16H26BrN3O. The van der Waals surface area contributed by atoms with Gasteiger partial charge < -0.3 is 15.5 Å². The summed E-state index contributed by atoms with van der Waals surface area (Å²) in [5.41, 5.74) is 7.09. The number of nitrogens with zero attached hydrogens (tertiary/aromatic N) is 2.